The molecule has 2 N–H and O–H groups in total. The highest BCUT2D eigenvalue weighted by molar-refractivity contribution is 9.10. The molecule has 2 rings (SSSR count). The van der Waals surface area contributed by atoms with Crippen molar-refractivity contribution >= 4 is 46.3 Å². The molecule has 0 unspecified atom stereocenters. The molecule has 0 spiro atoms. The molecule has 0 aliphatic carbocycles. The SMILES string of the molecule is CC(C)(CCOC(=O)CS)[C@H](OC(=O)Nc1ccc(Br)cc1)c1ccc(O)cc1. The van der Waals surface area contributed by atoms with E-state index in [1.54, 1.807) is 24.3 Å². The third-order valence-corrected chi connectivity index (χ3v) is 5.15. The van der Waals surface area contributed by atoms with Crippen LogP contribution < -0.4 is 5.32 Å². The van der Waals surface area contributed by atoms with Crippen molar-refractivity contribution < 1.29 is 24.2 Å². The number of amides is 1. The summed E-state index contributed by atoms with van der Waals surface area (Å²) in [7, 11) is 0. The van der Waals surface area contributed by atoms with Crippen molar-refractivity contribution in [3.8, 4) is 5.75 Å². The summed E-state index contributed by atoms with van der Waals surface area (Å²) >= 11 is 7.24. The Bertz CT molecular complexity index is 824. The molecule has 0 bridgehead atoms. The van der Waals surface area contributed by atoms with Crippen LogP contribution in [0, 0.1) is 5.41 Å². The predicted molar refractivity (Wildman–Crippen MR) is 118 cm³/mol. The first-order valence-corrected chi connectivity index (χ1v) is 10.4. The van der Waals surface area contributed by atoms with Gasteiger partial charge in [-0.1, -0.05) is 41.9 Å². The fraction of sp³-hybridized carbons (Fsp3) is 0.333. The average Bonchev–Trinajstić information content (AvgIpc) is 2.68. The zero-order valence-corrected chi connectivity index (χ0v) is 18.7. The van der Waals surface area contributed by atoms with E-state index in [0.717, 1.165) is 10.0 Å². The number of hydrogen-bond acceptors (Lipinski definition) is 6. The van der Waals surface area contributed by atoms with Crippen molar-refractivity contribution in [2.24, 2.45) is 5.41 Å². The molecule has 2 aromatic carbocycles. The molecule has 29 heavy (non-hydrogen) atoms. The van der Waals surface area contributed by atoms with Gasteiger partial charge in [0.05, 0.1) is 12.4 Å². The first-order valence-electron chi connectivity index (χ1n) is 9.00. The minimum absolute atomic E-state index is 0.00785. The number of thiol groups is 1. The molecule has 0 aliphatic heterocycles. The number of nitrogens with one attached hydrogen (secondary N) is 1. The lowest BCUT2D eigenvalue weighted by molar-refractivity contribution is -0.141. The van der Waals surface area contributed by atoms with Gasteiger partial charge >= 0.3 is 12.1 Å². The van der Waals surface area contributed by atoms with Crippen LogP contribution in [0.4, 0.5) is 10.5 Å². The summed E-state index contributed by atoms with van der Waals surface area (Å²) in [5, 5.41) is 12.3. The third-order valence-electron chi connectivity index (χ3n) is 4.36. The molecule has 0 heterocycles. The predicted octanol–water partition coefficient (Wildman–Crippen LogP) is 5.33. The molecule has 6 nitrogen and oxygen atoms in total. The van der Waals surface area contributed by atoms with E-state index in [1.807, 2.05) is 26.0 Å². The second-order valence-electron chi connectivity index (χ2n) is 7.13. The second kappa shape index (κ2) is 10.5. The lowest BCUT2D eigenvalue weighted by Gasteiger charge is -2.34. The van der Waals surface area contributed by atoms with Gasteiger partial charge in [0.1, 0.15) is 11.9 Å². The monoisotopic (exact) mass is 481 g/mol. The molecule has 0 radical (unpaired) electrons. The first kappa shape index (κ1) is 23.1. The number of ether oxygens (including phenoxy) is 2. The zero-order chi connectivity index (χ0) is 21.4. The van der Waals surface area contributed by atoms with Gasteiger partial charge in [-0.2, -0.15) is 12.6 Å². The molecule has 8 heteroatoms. The van der Waals surface area contributed by atoms with E-state index < -0.39 is 23.6 Å². The van der Waals surface area contributed by atoms with E-state index in [0.29, 0.717) is 12.1 Å². The number of anilines is 1. The molecule has 1 amide bonds. The van der Waals surface area contributed by atoms with Crippen molar-refractivity contribution in [1.29, 1.82) is 0 Å². The fourth-order valence-electron chi connectivity index (χ4n) is 2.72. The number of phenols is 1. The fourth-order valence-corrected chi connectivity index (χ4v) is 3.08. The molecular weight excluding hydrogens is 458 g/mol. The Morgan fingerprint density at radius 2 is 1.76 bits per heavy atom. The smallest absolute Gasteiger partial charge is 0.412 e. The molecule has 1 atom stereocenters. The number of esters is 1. The van der Waals surface area contributed by atoms with Crippen LogP contribution in [-0.2, 0) is 14.3 Å². The lowest BCUT2D eigenvalue weighted by atomic mass is 9.80. The Kier molecular flexibility index (Phi) is 8.40. The van der Waals surface area contributed by atoms with Crippen molar-refractivity contribution in [3.05, 3.63) is 58.6 Å². The summed E-state index contributed by atoms with van der Waals surface area (Å²) in [5.74, 6) is -0.278. The number of phenolic OH excluding ortho intramolecular Hbond substituents is 1. The molecule has 0 saturated carbocycles. The number of benzene rings is 2. The van der Waals surface area contributed by atoms with Gasteiger partial charge in [0, 0.05) is 15.6 Å². The van der Waals surface area contributed by atoms with Crippen LogP contribution in [0.15, 0.2) is 53.0 Å². The Morgan fingerprint density at radius 1 is 1.14 bits per heavy atom. The summed E-state index contributed by atoms with van der Waals surface area (Å²) in [6, 6.07) is 13.6. The Labute approximate surface area is 184 Å². The first-order chi connectivity index (χ1) is 13.7. The van der Waals surface area contributed by atoms with Gasteiger partial charge in [0.25, 0.3) is 0 Å². The van der Waals surface area contributed by atoms with Gasteiger partial charge < -0.3 is 14.6 Å². The molecule has 0 saturated heterocycles. The Hall–Kier alpha value is -2.19. The van der Waals surface area contributed by atoms with Crippen molar-refractivity contribution in [2.75, 3.05) is 17.7 Å². The number of carbonyl (C=O) groups excluding carboxylic acids is 2. The van der Waals surface area contributed by atoms with E-state index >= 15 is 0 Å². The van der Waals surface area contributed by atoms with Gasteiger partial charge in [0.15, 0.2) is 0 Å². The van der Waals surface area contributed by atoms with Gasteiger partial charge in [0.2, 0.25) is 0 Å². The summed E-state index contributed by atoms with van der Waals surface area (Å²) in [4.78, 5) is 23.9. The summed E-state index contributed by atoms with van der Waals surface area (Å²) in [6.07, 6.45) is -0.775. The summed E-state index contributed by atoms with van der Waals surface area (Å²) < 4.78 is 11.8. The zero-order valence-electron chi connectivity index (χ0n) is 16.2. The number of aromatic hydroxyl groups is 1. The number of carbonyl (C=O) groups is 2. The summed E-state index contributed by atoms with van der Waals surface area (Å²) in [6.45, 7) is 4.02. The average molecular weight is 482 g/mol. The Balaban J connectivity index is 2.15. The standard InChI is InChI=1S/C21H24BrNO5S/c1-21(2,11-12-27-18(25)13-29)19(14-3-9-17(24)10-4-14)28-20(26)23-16-7-5-15(22)6-8-16/h3-10,19,24,29H,11-13H2,1-2H3,(H,23,26)/t19-/m1/s1. The van der Waals surface area contributed by atoms with E-state index in [1.165, 1.54) is 12.1 Å². The van der Waals surface area contributed by atoms with Gasteiger partial charge in [-0.05, 0) is 48.4 Å². The molecular formula is C21H24BrNO5S. The highest BCUT2D eigenvalue weighted by Crippen LogP contribution is 2.40. The molecule has 0 aliphatic rings. The van der Waals surface area contributed by atoms with Gasteiger partial charge in [-0.15, -0.1) is 0 Å². The molecule has 2 aromatic rings. The van der Waals surface area contributed by atoms with Crippen molar-refractivity contribution in [3.63, 3.8) is 0 Å². The highest BCUT2D eigenvalue weighted by atomic mass is 79.9. The summed E-state index contributed by atoms with van der Waals surface area (Å²) in [5.41, 5.74) is 0.771. The van der Waals surface area contributed by atoms with Crippen LogP contribution >= 0.6 is 28.6 Å². The maximum absolute atomic E-state index is 12.5. The topological polar surface area (TPSA) is 84.9 Å². The lowest BCUT2D eigenvalue weighted by Crippen LogP contribution is -2.30. The number of halogens is 1. The van der Waals surface area contributed by atoms with Crippen LogP contribution in [0.3, 0.4) is 0 Å². The maximum atomic E-state index is 12.5. The van der Waals surface area contributed by atoms with Gasteiger partial charge in [-0.25, -0.2) is 4.79 Å². The molecule has 156 valence electrons. The minimum atomic E-state index is -0.631. The van der Waals surface area contributed by atoms with Crippen LogP contribution in [0.25, 0.3) is 0 Å². The van der Waals surface area contributed by atoms with E-state index in [9.17, 15) is 14.7 Å². The Morgan fingerprint density at radius 3 is 2.34 bits per heavy atom. The van der Waals surface area contributed by atoms with E-state index in [-0.39, 0.29) is 18.1 Å². The normalized spacial score (nSPS) is 12.1. The van der Waals surface area contributed by atoms with Gasteiger partial charge in [-0.3, -0.25) is 10.1 Å². The number of rotatable bonds is 8. The maximum Gasteiger partial charge on any atom is 0.412 e. The number of hydrogen-bond donors (Lipinski definition) is 3. The van der Waals surface area contributed by atoms with Crippen LogP contribution in [0.2, 0.25) is 0 Å². The van der Waals surface area contributed by atoms with Crippen LogP contribution in [0.5, 0.6) is 5.75 Å². The van der Waals surface area contributed by atoms with Crippen molar-refractivity contribution in [2.45, 2.75) is 26.4 Å². The largest absolute Gasteiger partial charge is 0.508 e. The van der Waals surface area contributed by atoms with Crippen molar-refractivity contribution in [1.82, 2.24) is 0 Å². The quantitative estimate of drug-likeness (QED) is 0.350. The van der Waals surface area contributed by atoms with E-state index in [4.69, 9.17) is 9.47 Å². The third kappa shape index (κ3) is 7.29. The molecule has 0 fully saturated rings. The minimum Gasteiger partial charge on any atom is -0.508 e. The molecule has 0 aromatic heterocycles. The van der Waals surface area contributed by atoms with Crippen LogP contribution in [0.1, 0.15) is 31.9 Å². The van der Waals surface area contributed by atoms with E-state index in [2.05, 4.69) is 33.9 Å². The second-order valence-corrected chi connectivity index (χ2v) is 8.36. The highest BCUT2D eigenvalue weighted by Gasteiger charge is 2.34. The van der Waals surface area contributed by atoms with Crippen LogP contribution in [-0.4, -0.2) is 29.5 Å².